The van der Waals surface area contributed by atoms with Crippen molar-refractivity contribution in [1.82, 2.24) is 0 Å². The lowest BCUT2D eigenvalue weighted by molar-refractivity contribution is -0.128. The second-order valence-electron chi connectivity index (χ2n) is 9.30. The molecular formula is C20H34O5S2. The minimum absolute atomic E-state index is 0.0884. The average molecular weight is 419 g/mol. The number of hydrogen-bond donors (Lipinski definition) is 0. The van der Waals surface area contributed by atoms with E-state index >= 15 is 0 Å². The van der Waals surface area contributed by atoms with E-state index in [1.807, 2.05) is 20.8 Å². The fourth-order valence-corrected chi connectivity index (χ4v) is 12.1. The Balaban J connectivity index is 1.76. The Kier molecular flexibility index (Phi) is 5.88. The van der Waals surface area contributed by atoms with E-state index in [1.54, 1.807) is 0 Å². The van der Waals surface area contributed by atoms with Gasteiger partial charge in [0.15, 0.2) is 0 Å². The first kappa shape index (κ1) is 21.3. The van der Waals surface area contributed by atoms with E-state index in [4.69, 9.17) is 3.63 Å². The molecule has 156 valence electrons. The molecule has 1 heterocycles. The van der Waals surface area contributed by atoms with Crippen LogP contribution in [0.4, 0.5) is 0 Å². The maximum Gasteiger partial charge on any atom is 0.277 e. The molecule has 0 aromatic rings. The summed E-state index contributed by atoms with van der Waals surface area (Å²) in [6.45, 7) is 6.12. The van der Waals surface area contributed by atoms with Gasteiger partial charge in [0.2, 0.25) is 0 Å². The Bertz CT molecular complexity index is 706. The zero-order valence-electron chi connectivity index (χ0n) is 16.9. The second kappa shape index (κ2) is 7.45. The van der Waals surface area contributed by atoms with Crippen LogP contribution in [0.3, 0.4) is 0 Å². The van der Waals surface area contributed by atoms with Gasteiger partial charge in [0.25, 0.3) is 10.1 Å². The van der Waals surface area contributed by atoms with Crippen LogP contribution in [0.2, 0.25) is 0 Å². The highest BCUT2D eigenvalue weighted by Gasteiger charge is 2.65. The van der Waals surface area contributed by atoms with Crippen molar-refractivity contribution in [1.29, 1.82) is 0 Å². The van der Waals surface area contributed by atoms with Gasteiger partial charge in [-0.3, -0.25) is 9.59 Å². The summed E-state index contributed by atoms with van der Waals surface area (Å²) in [5.74, 6) is 1.93. The Labute approximate surface area is 165 Å². The molecule has 2 unspecified atom stereocenters. The van der Waals surface area contributed by atoms with Gasteiger partial charge in [-0.25, -0.2) is 3.63 Å². The van der Waals surface area contributed by atoms with Gasteiger partial charge < -0.3 is 0 Å². The summed E-state index contributed by atoms with van der Waals surface area (Å²) >= 11 is 0. The Morgan fingerprint density at radius 1 is 1.26 bits per heavy atom. The van der Waals surface area contributed by atoms with Crippen LogP contribution in [0.15, 0.2) is 0 Å². The highest BCUT2D eigenvalue weighted by atomic mass is 32.3. The molecule has 2 aliphatic carbocycles. The SMILES string of the molecule is CCCCC(=O)CS1(OS(=O)(=O)CC23CCC(CC2=O)C3(C)C)CCCC1. The molecule has 0 N–H and O–H groups in total. The minimum Gasteiger partial charge on any atom is -0.299 e. The monoisotopic (exact) mass is 418 g/mol. The molecule has 2 bridgehead atoms. The van der Waals surface area contributed by atoms with Gasteiger partial charge in [0, 0.05) is 24.3 Å². The summed E-state index contributed by atoms with van der Waals surface area (Å²) in [5, 5.41) is 0. The highest BCUT2D eigenvalue weighted by Crippen LogP contribution is 2.65. The first-order chi connectivity index (χ1) is 12.6. The van der Waals surface area contributed by atoms with Crippen molar-refractivity contribution in [3.63, 3.8) is 0 Å². The maximum atomic E-state index is 13.1. The first-order valence-electron chi connectivity index (χ1n) is 10.3. The third-order valence-electron chi connectivity index (χ3n) is 7.33. The fraction of sp³-hybridized carbons (Fsp3) is 0.900. The van der Waals surface area contributed by atoms with Gasteiger partial charge in [0.1, 0.15) is 11.6 Å². The largest absolute Gasteiger partial charge is 0.299 e. The topological polar surface area (TPSA) is 77.5 Å². The Morgan fingerprint density at radius 3 is 2.44 bits per heavy atom. The number of carbonyl (C=O) groups is 2. The van der Waals surface area contributed by atoms with Gasteiger partial charge in [-0.1, -0.05) is 27.2 Å². The molecule has 1 aliphatic heterocycles. The number of fused-ring (bicyclic) bond motifs is 2. The molecular weight excluding hydrogens is 384 g/mol. The molecule has 3 rings (SSSR count). The van der Waals surface area contributed by atoms with Crippen LogP contribution in [-0.4, -0.2) is 43.0 Å². The minimum atomic E-state index is -3.86. The van der Waals surface area contributed by atoms with Crippen LogP contribution in [0, 0.1) is 16.7 Å². The summed E-state index contributed by atoms with van der Waals surface area (Å²) < 4.78 is 32.1. The smallest absolute Gasteiger partial charge is 0.277 e. The number of ketones is 2. The van der Waals surface area contributed by atoms with Crippen LogP contribution in [0.1, 0.15) is 72.1 Å². The number of carbonyl (C=O) groups excluding carboxylic acids is 2. The normalized spacial score (nSPS) is 32.7. The van der Waals surface area contributed by atoms with E-state index < -0.39 is 25.8 Å². The standard InChI is InChI=1S/C20H34O5S2/c1-4-5-8-17(21)14-26(11-6-7-12-26)25-27(23,24)15-20-10-9-16(13-18(20)22)19(20,2)3/h16H,4-15H2,1-3H3. The van der Waals surface area contributed by atoms with Crippen LogP contribution >= 0.6 is 10.3 Å². The number of unbranched alkanes of at least 4 members (excludes halogenated alkanes) is 1. The lowest BCUT2D eigenvalue weighted by Gasteiger charge is -2.38. The lowest BCUT2D eigenvalue weighted by Crippen LogP contribution is -2.43. The van der Waals surface area contributed by atoms with Crippen molar-refractivity contribution in [2.45, 2.75) is 72.1 Å². The third kappa shape index (κ3) is 3.88. The van der Waals surface area contributed by atoms with E-state index in [-0.39, 0.29) is 34.4 Å². The predicted octanol–water partition coefficient (Wildman–Crippen LogP) is 4.00. The molecule has 2 atom stereocenters. The maximum absolute atomic E-state index is 13.1. The third-order valence-corrected chi connectivity index (χ3v) is 13.1. The van der Waals surface area contributed by atoms with Crippen molar-refractivity contribution in [3.8, 4) is 0 Å². The molecule has 3 fully saturated rings. The van der Waals surface area contributed by atoms with Gasteiger partial charge >= 0.3 is 0 Å². The quantitative estimate of drug-likeness (QED) is 0.565. The van der Waals surface area contributed by atoms with E-state index in [9.17, 15) is 18.0 Å². The number of rotatable bonds is 9. The molecule has 7 heteroatoms. The van der Waals surface area contributed by atoms with Crippen LogP contribution in [0.25, 0.3) is 0 Å². The molecule has 0 aromatic carbocycles. The van der Waals surface area contributed by atoms with E-state index in [0.29, 0.717) is 30.8 Å². The summed E-state index contributed by atoms with van der Waals surface area (Å²) in [4.78, 5) is 25.1. The van der Waals surface area contributed by atoms with Crippen molar-refractivity contribution in [2.75, 3.05) is 23.0 Å². The Hall–Kier alpha value is -0.400. The summed E-state index contributed by atoms with van der Waals surface area (Å²) in [7, 11) is -5.77. The van der Waals surface area contributed by atoms with Crippen LogP contribution in [0.5, 0.6) is 0 Å². The average Bonchev–Trinajstić information content (AvgIpc) is 3.14. The van der Waals surface area contributed by atoms with Crippen molar-refractivity contribution in [3.05, 3.63) is 0 Å². The van der Waals surface area contributed by atoms with Crippen LogP contribution < -0.4 is 0 Å². The molecule has 0 amide bonds. The molecule has 27 heavy (non-hydrogen) atoms. The fourth-order valence-electron chi connectivity index (χ4n) is 5.46. The molecule has 0 spiro atoms. The molecule has 5 nitrogen and oxygen atoms in total. The Morgan fingerprint density at radius 2 is 1.93 bits per heavy atom. The molecule has 2 saturated carbocycles. The summed E-state index contributed by atoms with van der Waals surface area (Å²) in [6, 6.07) is 0. The molecule has 3 aliphatic rings. The van der Waals surface area contributed by atoms with Crippen LogP contribution in [-0.2, 0) is 23.3 Å². The highest BCUT2D eigenvalue weighted by molar-refractivity contribution is 8.33. The first-order valence-corrected chi connectivity index (χ1v) is 14.0. The molecule has 0 radical (unpaired) electrons. The number of Topliss-reactive ketones (excluding diaryl/α,β-unsaturated/α-hetero) is 2. The zero-order chi connectivity index (χ0) is 19.9. The molecule has 1 saturated heterocycles. The number of hydrogen-bond acceptors (Lipinski definition) is 5. The second-order valence-corrected chi connectivity index (χ2v) is 14.3. The van der Waals surface area contributed by atoms with Gasteiger partial charge in [-0.2, -0.15) is 8.42 Å². The van der Waals surface area contributed by atoms with Gasteiger partial charge in [0.05, 0.1) is 16.9 Å². The van der Waals surface area contributed by atoms with Crippen molar-refractivity contribution >= 4 is 32.0 Å². The van der Waals surface area contributed by atoms with Crippen molar-refractivity contribution in [2.24, 2.45) is 16.7 Å². The molecule has 0 aromatic heterocycles. The predicted molar refractivity (Wildman–Crippen MR) is 109 cm³/mol. The zero-order valence-corrected chi connectivity index (χ0v) is 18.6. The van der Waals surface area contributed by atoms with E-state index in [2.05, 4.69) is 0 Å². The van der Waals surface area contributed by atoms with Gasteiger partial charge in [-0.15, -0.1) is 10.3 Å². The van der Waals surface area contributed by atoms with Gasteiger partial charge in [-0.05, 0) is 43.4 Å². The summed E-state index contributed by atoms with van der Waals surface area (Å²) in [6.07, 6.45) is 6.20. The van der Waals surface area contributed by atoms with Crippen molar-refractivity contribution < 1.29 is 21.6 Å². The van der Waals surface area contributed by atoms with E-state index in [0.717, 1.165) is 32.1 Å². The lowest BCUT2D eigenvalue weighted by atomic mass is 9.70. The van der Waals surface area contributed by atoms with E-state index in [1.165, 1.54) is 0 Å². The summed E-state index contributed by atoms with van der Waals surface area (Å²) in [5.41, 5.74) is -1.10.